The number of carbonyl (C=O) groups excluding carboxylic acids is 1. The Balaban J connectivity index is 1.93. The highest BCUT2D eigenvalue weighted by Gasteiger charge is 2.22. The second kappa shape index (κ2) is 7.06. The SMILES string of the molecule is CC(=O)N(CCc1ccc(Br)cc1)C1CCNCC1. The molecule has 3 nitrogen and oxygen atoms in total. The molecule has 0 bridgehead atoms. The third-order valence-electron chi connectivity index (χ3n) is 3.71. The molecule has 19 heavy (non-hydrogen) atoms. The number of benzene rings is 1. The van der Waals surface area contributed by atoms with Crippen molar-refractivity contribution < 1.29 is 4.79 Å². The molecule has 0 atom stereocenters. The van der Waals surface area contributed by atoms with Crippen molar-refractivity contribution in [3.05, 3.63) is 34.3 Å². The maximum atomic E-state index is 11.8. The van der Waals surface area contributed by atoms with Crippen molar-refractivity contribution in [1.82, 2.24) is 10.2 Å². The lowest BCUT2D eigenvalue weighted by Crippen LogP contribution is -2.46. The minimum Gasteiger partial charge on any atom is -0.340 e. The van der Waals surface area contributed by atoms with E-state index in [9.17, 15) is 4.79 Å². The molecule has 1 aliphatic rings. The highest BCUT2D eigenvalue weighted by atomic mass is 79.9. The largest absolute Gasteiger partial charge is 0.340 e. The molecular weight excluding hydrogens is 304 g/mol. The molecular formula is C15H21BrN2O. The molecule has 1 saturated heterocycles. The number of carbonyl (C=O) groups is 1. The highest BCUT2D eigenvalue weighted by molar-refractivity contribution is 9.10. The van der Waals surface area contributed by atoms with E-state index in [4.69, 9.17) is 0 Å². The van der Waals surface area contributed by atoms with E-state index in [-0.39, 0.29) is 5.91 Å². The van der Waals surface area contributed by atoms with Crippen molar-refractivity contribution in [2.45, 2.75) is 32.2 Å². The van der Waals surface area contributed by atoms with Gasteiger partial charge >= 0.3 is 0 Å². The maximum absolute atomic E-state index is 11.8. The molecule has 0 unspecified atom stereocenters. The average molecular weight is 325 g/mol. The quantitative estimate of drug-likeness (QED) is 0.923. The summed E-state index contributed by atoms with van der Waals surface area (Å²) in [7, 11) is 0. The molecule has 4 heteroatoms. The second-order valence-electron chi connectivity index (χ2n) is 5.07. The summed E-state index contributed by atoms with van der Waals surface area (Å²) in [6.45, 7) is 4.55. The second-order valence-corrected chi connectivity index (χ2v) is 5.99. The highest BCUT2D eigenvalue weighted by Crippen LogP contribution is 2.15. The number of nitrogens with one attached hydrogen (secondary N) is 1. The minimum absolute atomic E-state index is 0.198. The van der Waals surface area contributed by atoms with Crippen LogP contribution in [0.1, 0.15) is 25.3 Å². The van der Waals surface area contributed by atoms with Gasteiger partial charge in [-0.05, 0) is 50.0 Å². The van der Waals surface area contributed by atoms with Crippen molar-refractivity contribution in [2.24, 2.45) is 0 Å². The molecule has 1 N–H and O–H groups in total. The number of piperidine rings is 1. The van der Waals surface area contributed by atoms with Gasteiger partial charge in [0.15, 0.2) is 0 Å². The van der Waals surface area contributed by atoms with Crippen LogP contribution in [0.5, 0.6) is 0 Å². The van der Waals surface area contributed by atoms with E-state index in [1.165, 1.54) is 5.56 Å². The van der Waals surface area contributed by atoms with Crippen LogP contribution in [0.3, 0.4) is 0 Å². The number of hydrogen-bond donors (Lipinski definition) is 1. The van der Waals surface area contributed by atoms with Gasteiger partial charge in [0.1, 0.15) is 0 Å². The molecule has 1 amide bonds. The number of amides is 1. The number of halogens is 1. The van der Waals surface area contributed by atoms with Gasteiger partial charge in [0, 0.05) is 24.0 Å². The topological polar surface area (TPSA) is 32.3 Å². The number of nitrogens with zero attached hydrogens (tertiary/aromatic N) is 1. The van der Waals surface area contributed by atoms with Crippen molar-refractivity contribution in [2.75, 3.05) is 19.6 Å². The first-order valence-corrected chi connectivity index (χ1v) is 7.68. The van der Waals surface area contributed by atoms with Crippen molar-refractivity contribution in [1.29, 1.82) is 0 Å². The molecule has 1 aliphatic heterocycles. The van der Waals surface area contributed by atoms with Crippen LogP contribution < -0.4 is 5.32 Å². The monoisotopic (exact) mass is 324 g/mol. The van der Waals surface area contributed by atoms with E-state index in [2.05, 4.69) is 45.5 Å². The molecule has 0 radical (unpaired) electrons. The van der Waals surface area contributed by atoms with Gasteiger partial charge in [-0.1, -0.05) is 28.1 Å². The first-order chi connectivity index (χ1) is 9.16. The van der Waals surface area contributed by atoms with Crippen LogP contribution in [-0.2, 0) is 11.2 Å². The molecule has 1 aromatic carbocycles. The Morgan fingerprint density at radius 3 is 2.53 bits per heavy atom. The predicted octanol–water partition coefficient (Wildman–Crippen LogP) is 2.59. The van der Waals surface area contributed by atoms with Gasteiger partial charge < -0.3 is 10.2 Å². The van der Waals surface area contributed by atoms with Crippen molar-refractivity contribution in [3.63, 3.8) is 0 Å². The molecule has 1 fully saturated rings. The van der Waals surface area contributed by atoms with Gasteiger partial charge in [-0.2, -0.15) is 0 Å². The van der Waals surface area contributed by atoms with E-state index >= 15 is 0 Å². The molecule has 1 aromatic rings. The fourth-order valence-electron chi connectivity index (χ4n) is 2.62. The summed E-state index contributed by atoms with van der Waals surface area (Å²) < 4.78 is 1.10. The lowest BCUT2D eigenvalue weighted by molar-refractivity contribution is -0.131. The van der Waals surface area contributed by atoms with Gasteiger partial charge in [-0.3, -0.25) is 4.79 Å². The zero-order chi connectivity index (χ0) is 13.7. The van der Waals surface area contributed by atoms with E-state index in [1.807, 2.05) is 4.90 Å². The fourth-order valence-corrected chi connectivity index (χ4v) is 2.88. The Bertz CT molecular complexity index is 413. The molecule has 1 heterocycles. The summed E-state index contributed by atoms with van der Waals surface area (Å²) >= 11 is 3.44. The smallest absolute Gasteiger partial charge is 0.219 e. The maximum Gasteiger partial charge on any atom is 0.219 e. The van der Waals surface area contributed by atoms with Gasteiger partial charge in [0.2, 0.25) is 5.91 Å². The van der Waals surface area contributed by atoms with Crippen LogP contribution in [-0.4, -0.2) is 36.5 Å². The van der Waals surface area contributed by atoms with Gasteiger partial charge in [0.25, 0.3) is 0 Å². The minimum atomic E-state index is 0.198. The normalized spacial score (nSPS) is 16.3. The summed E-state index contributed by atoms with van der Waals surface area (Å²) in [6.07, 6.45) is 3.07. The van der Waals surface area contributed by atoms with E-state index in [0.717, 1.165) is 43.4 Å². The van der Waals surface area contributed by atoms with E-state index < -0.39 is 0 Å². The lowest BCUT2D eigenvalue weighted by atomic mass is 10.0. The Kier molecular flexibility index (Phi) is 5.40. The zero-order valence-electron chi connectivity index (χ0n) is 11.4. The molecule has 0 spiro atoms. The van der Waals surface area contributed by atoms with Crippen LogP contribution in [0, 0.1) is 0 Å². The Morgan fingerprint density at radius 1 is 1.32 bits per heavy atom. The first kappa shape index (κ1) is 14.5. The lowest BCUT2D eigenvalue weighted by Gasteiger charge is -2.34. The summed E-state index contributed by atoms with van der Waals surface area (Å²) in [5, 5.41) is 3.35. The third-order valence-corrected chi connectivity index (χ3v) is 4.24. The average Bonchev–Trinajstić information content (AvgIpc) is 2.42. The van der Waals surface area contributed by atoms with E-state index in [1.54, 1.807) is 6.92 Å². The van der Waals surface area contributed by atoms with Crippen LogP contribution >= 0.6 is 15.9 Å². The Morgan fingerprint density at radius 2 is 1.95 bits per heavy atom. The molecule has 2 rings (SSSR count). The summed E-state index contributed by atoms with van der Waals surface area (Å²) in [5.41, 5.74) is 1.28. The van der Waals surface area contributed by atoms with Gasteiger partial charge in [-0.25, -0.2) is 0 Å². The van der Waals surface area contributed by atoms with Crippen molar-refractivity contribution >= 4 is 21.8 Å². The molecule has 0 aromatic heterocycles. The number of rotatable bonds is 4. The molecule has 104 valence electrons. The van der Waals surface area contributed by atoms with Crippen LogP contribution in [0.2, 0.25) is 0 Å². The van der Waals surface area contributed by atoms with Crippen LogP contribution in [0.15, 0.2) is 28.7 Å². The fraction of sp³-hybridized carbons (Fsp3) is 0.533. The summed E-state index contributed by atoms with van der Waals surface area (Å²) in [6, 6.07) is 8.75. The third kappa shape index (κ3) is 4.32. The standard InChI is InChI=1S/C15H21BrN2O/c1-12(19)18(15-6-9-17-10-7-15)11-8-13-2-4-14(16)5-3-13/h2-5,15,17H,6-11H2,1H3. The van der Waals surface area contributed by atoms with E-state index in [0.29, 0.717) is 6.04 Å². The molecule has 0 saturated carbocycles. The number of hydrogen-bond acceptors (Lipinski definition) is 2. The first-order valence-electron chi connectivity index (χ1n) is 6.89. The van der Waals surface area contributed by atoms with Crippen LogP contribution in [0.25, 0.3) is 0 Å². The van der Waals surface area contributed by atoms with Gasteiger partial charge in [0.05, 0.1) is 0 Å². The zero-order valence-corrected chi connectivity index (χ0v) is 12.9. The predicted molar refractivity (Wildman–Crippen MR) is 81.1 cm³/mol. The van der Waals surface area contributed by atoms with Crippen molar-refractivity contribution in [3.8, 4) is 0 Å². The Hall–Kier alpha value is -0.870. The summed E-state index contributed by atoms with van der Waals surface area (Å²) in [4.78, 5) is 13.9. The summed E-state index contributed by atoms with van der Waals surface area (Å²) in [5.74, 6) is 0.198. The molecule has 0 aliphatic carbocycles. The Labute approximate surface area is 123 Å². The van der Waals surface area contributed by atoms with Gasteiger partial charge in [-0.15, -0.1) is 0 Å². The van der Waals surface area contributed by atoms with Crippen LogP contribution in [0.4, 0.5) is 0 Å².